The number of carbonyl (C=O) groups is 1. The number of hydrogen-bond acceptors (Lipinski definition) is 3. The number of amides is 1. The van der Waals surface area contributed by atoms with Gasteiger partial charge in [-0.1, -0.05) is 6.07 Å². The van der Waals surface area contributed by atoms with Gasteiger partial charge in [0.25, 0.3) is 5.91 Å². The highest BCUT2D eigenvalue weighted by Crippen LogP contribution is 2.23. The Hall–Kier alpha value is -1.71. The van der Waals surface area contributed by atoms with Gasteiger partial charge in [0.1, 0.15) is 5.75 Å². The molecular weight excluding hydrogens is 240 g/mol. The van der Waals surface area contributed by atoms with Gasteiger partial charge >= 0.3 is 0 Å². The van der Waals surface area contributed by atoms with Gasteiger partial charge in [-0.3, -0.25) is 4.79 Å². The van der Waals surface area contributed by atoms with Crippen LogP contribution >= 0.6 is 0 Å². The first kappa shape index (κ1) is 13.7. The van der Waals surface area contributed by atoms with Crippen LogP contribution in [0.1, 0.15) is 33.1 Å². The lowest BCUT2D eigenvalue weighted by atomic mass is 9.97. The number of nitrogen functional groups attached to an aromatic ring is 1. The number of carbonyl (C=O) groups excluding carboxylic acids is 1. The smallest absolute Gasteiger partial charge is 0.260 e. The first-order valence-corrected chi connectivity index (χ1v) is 6.87. The number of nitrogens with zero attached hydrogens (tertiary/aromatic N) is 1. The topological polar surface area (TPSA) is 55.6 Å². The van der Waals surface area contributed by atoms with E-state index < -0.39 is 0 Å². The Balaban J connectivity index is 1.93. The van der Waals surface area contributed by atoms with Crippen molar-refractivity contribution >= 4 is 11.6 Å². The molecular formula is C15H22N2O2. The molecule has 0 saturated carbocycles. The third-order valence-corrected chi connectivity index (χ3v) is 3.70. The van der Waals surface area contributed by atoms with Crippen LogP contribution in [-0.4, -0.2) is 29.5 Å². The molecule has 2 atom stereocenters. The molecule has 1 amide bonds. The highest BCUT2D eigenvalue weighted by atomic mass is 16.5. The van der Waals surface area contributed by atoms with Crippen LogP contribution in [0.5, 0.6) is 5.75 Å². The summed E-state index contributed by atoms with van der Waals surface area (Å²) >= 11 is 0. The van der Waals surface area contributed by atoms with Gasteiger partial charge in [0, 0.05) is 23.8 Å². The van der Waals surface area contributed by atoms with Crippen LogP contribution in [0.15, 0.2) is 24.3 Å². The average molecular weight is 262 g/mol. The number of benzene rings is 1. The minimum Gasteiger partial charge on any atom is -0.484 e. The summed E-state index contributed by atoms with van der Waals surface area (Å²) in [5, 5.41) is 0. The summed E-state index contributed by atoms with van der Waals surface area (Å²) in [5.41, 5.74) is 6.32. The van der Waals surface area contributed by atoms with Gasteiger partial charge in [0.2, 0.25) is 0 Å². The average Bonchev–Trinajstić information content (AvgIpc) is 2.36. The van der Waals surface area contributed by atoms with Gasteiger partial charge < -0.3 is 15.4 Å². The third-order valence-electron chi connectivity index (χ3n) is 3.70. The number of ether oxygens (including phenoxy) is 1. The fourth-order valence-electron chi connectivity index (χ4n) is 2.74. The van der Waals surface area contributed by atoms with Crippen molar-refractivity contribution in [1.29, 1.82) is 0 Å². The van der Waals surface area contributed by atoms with Crippen molar-refractivity contribution in [2.75, 3.05) is 12.3 Å². The molecule has 1 fully saturated rings. The summed E-state index contributed by atoms with van der Waals surface area (Å²) in [7, 11) is 0. The van der Waals surface area contributed by atoms with E-state index in [2.05, 4.69) is 13.8 Å². The number of rotatable bonds is 3. The molecule has 1 heterocycles. The summed E-state index contributed by atoms with van der Waals surface area (Å²) in [6, 6.07) is 7.77. The summed E-state index contributed by atoms with van der Waals surface area (Å²) in [6.07, 6.45) is 3.35. The zero-order valence-electron chi connectivity index (χ0n) is 11.6. The van der Waals surface area contributed by atoms with E-state index >= 15 is 0 Å². The van der Waals surface area contributed by atoms with Crippen molar-refractivity contribution in [3.63, 3.8) is 0 Å². The number of hydrogen-bond donors (Lipinski definition) is 1. The van der Waals surface area contributed by atoms with Crippen LogP contribution in [0.4, 0.5) is 5.69 Å². The molecule has 2 rings (SSSR count). The first-order chi connectivity index (χ1) is 9.08. The summed E-state index contributed by atoms with van der Waals surface area (Å²) in [4.78, 5) is 14.2. The minimum atomic E-state index is 0.0575. The monoisotopic (exact) mass is 262 g/mol. The van der Waals surface area contributed by atoms with Crippen LogP contribution in [0.3, 0.4) is 0 Å². The maximum absolute atomic E-state index is 12.2. The lowest BCUT2D eigenvalue weighted by Crippen LogP contribution is -2.49. The molecule has 104 valence electrons. The van der Waals surface area contributed by atoms with Gasteiger partial charge in [-0.2, -0.15) is 0 Å². The molecule has 4 nitrogen and oxygen atoms in total. The van der Waals surface area contributed by atoms with Gasteiger partial charge in [0.15, 0.2) is 6.61 Å². The predicted molar refractivity (Wildman–Crippen MR) is 76.0 cm³/mol. The molecule has 4 heteroatoms. The number of piperidine rings is 1. The number of likely N-dealkylation sites (tertiary alicyclic amines) is 1. The fraction of sp³-hybridized carbons (Fsp3) is 0.533. The third kappa shape index (κ3) is 3.40. The Morgan fingerprint density at radius 2 is 2.05 bits per heavy atom. The summed E-state index contributed by atoms with van der Waals surface area (Å²) < 4.78 is 5.53. The molecule has 0 bridgehead atoms. The SMILES string of the molecule is C[C@@H]1CCC[C@H](C)N1C(=O)COc1cccc(N)c1. The van der Waals surface area contributed by atoms with E-state index in [0.29, 0.717) is 23.5 Å². The predicted octanol–water partition coefficient (Wildman–Crippen LogP) is 2.44. The van der Waals surface area contributed by atoms with Crippen molar-refractivity contribution < 1.29 is 9.53 Å². The Bertz CT molecular complexity index is 438. The van der Waals surface area contributed by atoms with Gasteiger partial charge in [-0.05, 0) is 45.2 Å². The molecule has 0 aromatic heterocycles. The summed E-state index contributed by atoms with van der Waals surface area (Å²) in [6.45, 7) is 4.29. The molecule has 0 spiro atoms. The van der Waals surface area contributed by atoms with Crippen LogP contribution in [0.25, 0.3) is 0 Å². The molecule has 0 radical (unpaired) electrons. The highest BCUT2D eigenvalue weighted by Gasteiger charge is 2.28. The van der Waals surface area contributed by atoms with E-state index in [1.165, 1.54) is 6.42 Å². The lowest BCUT2D eigenvalue weighted by Gasteiger charge is -2.38. The van der Waals surface area contributed by atoms with Gasteiger partial charge in [-0.25, -0.2) is 0 Å². The molecule has 1 aromatic carbocycles. The summed E-state index contributed by atoms with van der Waals surface area (Å²) in [5.74, 6) is 0.702. The maximum atomic E-state index is 12.2. The van der Waals surface area contributed by atoms with E-state index in [4.69, 9.17) is 10.5 Å². The second-order valence-corrected chi connectivity index (χ2v) is 5.29. The minimum absolute atomic E-state index is 0.0575. The Labute approximate surface area is 114 Å². The molecule has 2 N–H and O–H groups in total. The fourth-order valence-corrected chi connectivity index (χ4v) is 2.74. The molecule has 0 unspecified atom stereocenters. The van der Waals surface area contributed by atoms with Gasteiger partial charge in [-0.15, -0.1) is 0 Å². The second-order valence-electron chi connectivity index (χ2n) is 5.29. The van der Waals surface area contributed by atoms with Crippen LogP contribution in [0, 0.1) is 0 Å². The zero-order valence-corrected chi connectivity index (χ0v) is 11.6. The first-order valence-electron chi connectivity index (χ1n) is 6.87. The van der Waals surface area contributed by atoms with Crippen LogP contribution < -0.4 is 10.5 Å². The molecule has 1 aromatic rings. The van der Waals surface area contributed by atoms with Gasteiger partial charge in [0.05, 0.1) is 0 Å². The number of nitrogens with two attached hydrogens (primary N) is 1. The quantitative estimate of drug-likeness (QED) is 0.851. The van der Waals surface area contributed by atoms with E-state index in [1.807, 2.05) is 17.0 Å². The largest absolute Gasteiger partial charge is 0.484 e. The molecule has 1 aliphatic heterocycles. The molecule has 1 aliphatic rings. The van der Waals surface area contributed by atoms with Crippen molar-refractivity contribution in [1.82, 2.24) is 4.90 Å². The highest BCUT2D eigenvalue weighted by molar-refractivity contribution is 5.78. The number of anilines is 1. The molecule has 0 aliphatic carbocycles. The standard InChI is InChI=1S/C15H22N2O2/c1-11-5-3-6-12(2)17(11)15(18)10-19-14-8-4-7-13(16)9-14/h4,7-9,11-12H,3,5-6,10,16H2,1-2H3/t11-,12+. The van der Waals surface area contributed by atoms with E-state index in [-0.39, 0.29) is 12.5 Å². The van der Waals surface area contributed by atoms with Crippen LogP contribution in [0.2, 0.25) is 0 Å². The maximum Gasteiger partial charge on any atom is 0.260 e. The Morgan fingerprint density at radius 3 is 2.68 bits per heavy atom. The van der Waals surface area contributed by atoms with E-state index in [1.54, 1.807) is 12.1 Å². The second kappa shape index (κ2) is 5.95. The van der Waals surface area contributed by atoms with Crippen molar-refractivity contribution in [2.45, 2.75) is 45.2 Å². The molecule has 1 saturated heterocycles. The van der Waals surface area contributed by atoms with Crippen LogP contribution in [-0.2, 0) is 4.79 Å². The Kier molecular flexibility index (Phi) is 4.30. The van der Waals surface area contributed by atoms with Crippen molar-refractivity contribution in [3.8, 4) is 5.75 Å². The molecule has 19 heavy (non-hydrogen) atoms. The Morgan fingerprint density at radius 1 is 1.37 bits per heavy atom. The van der Waals surface area contributed by atoms with Crippen molar-refractivity contribution in [2.24, 2.45) is 0 Å². The van der Waals surface area contributed by atoms with Crippen molar-refractivity contribution in [3.05, 3.63) is 24.3 Å². The van der Waals surface area contributed by atoms with E-state index in [0.717, 1.165) is 12.8 Å². The zero-order chi connectivity index (χ0) is 13.8. The normalized spacial score (nSPS) is 23.2. The van der Waals surface area contributed by atoms with E-state index in [9.17, 15) is 4.79 Å². The lowest BCUT2D eigenvalue weighted by molar-refractivity contribution is -0.139.